The third kappa shape index (κ3) is 7.10. The van der Waals surface area contributed by atoms with Gasteiger partial charge in [-0.25, -0.2) is 9.59 Å². The SMILES string of the molecule is CC.CC.COC(=O)c1ccoc1C1CCN(C(=O)OC(C)(C)C)CC1. The molecule has 0 aromatic carbocycles. The highest BCUT2D eigenvalue weighted by Crippen LogP contribution is 2.32. The molecule has 0 aliphatic carbocycles. The minimum absolute atomic E-state index is 0.114. The molecule has 1 aliphatic rings. The van der Waals surface area contributed by atoms with Gasteiger partial charge in [0.25, 0.3) is 0 Å². The van der Waals surface area contributed by atoms with Gasteiger partial charge in [-0.05, 0) is 39.7 Å². The van der Waals surface area contributed by atoms with Crippen LogP contribution in [0, 0.1) is 0 Å². The van der Waals surface area contributed by atoms with Crippen LogP contribution in [0.5, 0.6) is 0 Å². The van der Waals surface area contributed by atoms with E-state index in [0.717, 1.165) is 12.8 Å². The smallest absolute Gasteiger partial charge is 0.410 e. The van der Waals surface area contributed by atoms with Crippen LogP contribution in [0.1, 0.15) is 83.3 Å². The Hall–Kier alpha value is -1.98. The number of ether oxygens (including phenoxy) is 2. The molecule has 1 aromatic heterocycles. The van der Waals surface area contributed by atoms with Crippen LogP contribution in [0.2, 0.25) is 0 Å². The Morgan fingerprint density at radius 1 is 1.12 bits per heavy atom. The molecule has 2 rings (SSSR count). The lowest BCUT2D eigenvalue weighted by Crippen LogP contribution is -2.41. The molecule has 0 saturated carbocycles. The summed E-state index contributed by atoms with van der Waals surface area (Å²) in [7, 11) is 1.35. The number of likely N-dealkylation sites (tertiary alicyclic amines) is 1. The molecule has 1 fully saturated rings. The average molecular weight is 370 g/mol. The Morgan fingerprint density at radius 2 is 1.65 bits per heavy atom. The summed E-state index contributed by atoms with van der Waals surface area (Å²) in [6.45, 7) is 14.7. The number of esters is 1. The van der Waals surface area contributed by atoms with Crippen molar-refractivity contribution in [2.45, 2.75) is 72.8 Å². The molecular weight excluding hydrogens is 334 g/mol. The monoisotopic (exact) mass is 369 g/mol. The molecule has 6 nitrogen and oxygen atoms in total. The molecule has 0 spiro atoms. The Bertz CT molecular complexity index is 537. The van der Waals surface area contributed by atoms with Gasteiger partial charge in [-0.3, -0.25) is 0 Å². The predicted octanol–water partition coefficient (Wildman–Crippen LogP) is 5.23. The Morgan fingerprint density at radius 3 is 2.12 bits per heavy atom. The first-order valence-electron chi connectivity index (χ1n) is 9.45. The Balaban J connectivity index is 0.00000146. The maximum Gasteiger partial charge on any atom is 0.410 e. The molecule has 1 saturated heterocycles. The van der Waals surface area contributed by atoms with Crippen molar-refractivity contribution in [2.24, 2.45) is 0 Å². The molecule has 26 heavy (non-hydrogen) atoms. The van der Waals surface area contributed by atoms with Crippen molar-refractivity contribution >= 4 is 12.1 Å². The number of furan rings is 1. The van der Waals surface area contributed by atoms with E-state index in [9.17, 15) is 9.59 Å². The summed E-state index contributed by atoms with van der Waals surface area (Å²) in [5.41, 5.74) is -0.0225. The summed E-state index contributed by atoms with van der Waals surface area (Å²) in [5, 5.41) is 0. The molecule has 0 bridgehead atoms. The molecular formula is C20H35NO5. The third-order valence-electron chi connectivity index (χ3n) is 3.62. The van der Waals surface area contributed by atoms with E-state index in [0.29, 0.717) is 24.4 Å². The predicted molar refractivity (Wildman–Crippen MR) is 103 cm³/mol. The van der Waals surface area contributed by atoms with E-state index in [1.165, 1.54) is 13.4 Å². The Labute approximate surface area is 157 Å². The van der Waals surface area contributed by atoms with Gasteiger partial charge in [0.1, 0.15) is 16.9 Å². The van der Waals surface area contributed by atoms with Gasteiger partial charge in [0.2, 0.25) is 0 Å². The summed E-state index contributed by atoms with van der Waals surface area (Å²) in [4.78, 5) is 25.4. The van der Waals surface area contributed by atoms with Gasteiger partial charge in [0.15, 0.2) is 0 Å². The number of amides is 1. The minimum atomic E-state index is -0.493. The molecule has 1 aliphatic heterocycles. The van der Waals surface area contributed by atoms with Crippen LogP contribution >= 0.6 is 0 Å². The fraction of sp³-hybridized carbons (Fsp3) is 0.700. The number of methoxy groups -OCH3 is 1. The highest BCUT2D eigenvalue weighted by atomic mass is 16.6. The summed E-state index contributed by atoms with van der Waals surface area (Å²) in [6.07, 6.45) is 2.67. The van der Waals surface area contributed by atoms with Crippen LogP contribution in [-0.4, -0.2) is 42.8 Å². The number of carbonyl (C=O) groups is 2. The van der Waals surface area contributed by atoms with Gasteiger partial charge in [-0.2, -0.15) is 0 Å². The lowest BCUT2D eigenvalue weighted by Gasteiger charge is -2.33. The van der Waals surface area contributed by atoms with Crippen LogP contribution in [0.25, 0.3) is 0 Å². The molecule has 1 amide bonds. The number of rotatable bonds is 2. The standard InChI is InChI=1S/C16H23NO5.2C2H6/c1-16(2,3)22-15(19)17-8-5-11(6-9-17)13-12(7-10-21-13)14(18)20-4;2*1-2/h7,10-11H,5-6,8-9H2,1-4H3;2*1-2H3. The molecule has 6 heteroatoms. The van der Waals surface area contributed by atoms with Crippen LogP contribution in [0.3, 0.4) is 0 Å². The normalized spacial score (nSPS) is 14.4. The van der Waals surface area contributed by atoms with Crippen molar-refractivity contribution in [3.05, 3.63) is 23.7 Å². The second-order valence-corrected chi connectivity index (χ2v) is 6.43. The molecule has 150 valence electrons. The third-order valence-corrected chi connectivity index (χ3v) is 3.62. The van der Waals surface area contributed by atoms with Gasteiger partial charge < -0.3 is 18.8 Å². The highest BCUT2D eigenvalue weighted by molar-refractivity contribution is 5.90. The summed E-state index contributed by atoms with van der Waals surface area (Å²) >= 11 is 0. The summed E-state index contributed by atoms with van der Waals surface area (Å²) < 4.78 is 15.6. The second kappa shape index (κ2) is 11.6. The van der Waals surface area contributed by atoms with Crippen molar-refractivity contribution in [3.8, 4) is 0 Å². The minimum Gasteiger partial charge on any atom is -0.468 e. The van der Waals surface area contributed by atoms with Crippen molar-refractivity contribution in [1.29, 1.82) is 0 Å². The maximum absolute atomic E-state index is 12.0. The van der Waals surface area contributed by atoms with Gasteiger partial charge in [0.05, 0.1) is 13.4 Å². The summed E-state index contributed by atoms with van der Waals surface area (Å²) in [5.74, 6) is 0.372. The first kappa shape index (κ1) is 24.0. The van der Waals surface area contributed by atoms with E-state index in [1.54, 1.807) is 11.0 Å². The van der Waals surface area contributed by atoms with Gasteiger partial charge in [-0.15, -0.1) is 0 Å². The zero-order valence-electron chi connectivity index (χ0n) is 17.5. The molecule has 0 atom stereocenters. The molecule has 1 aromatic rings. The van der Waals surface area contributed by atoms with E-state index < -0.39 is 11.6 Å². The molecule has 0 radical (unpaired) electrons. The second-order valence-electron chi connectivity index (χ2n) is 6.43. The number of carbonyl (C=O) groups excluding carboxylic acids is 2. The van der Waals surface area contributed by atoms with Crippen molar-refractivity contribution < 1.29 is 23.5 Å². The first-order chi connectivity index (χ1) is 12.3. The van der Waals surface area contributed by atoms with Gasteiger partial charge in [-0.1, -0.05) is 27.7 Å². The van der Waals surface area contributed by atoms with E-state index >= 15 is 0 Å². The van der Waals surface area contributed by atoms with Gasteiger partial charge >= 0.3 is 12.1 Å². The van der Waals surface area contributed by atoms with Gasteiger partial charge in [0, 0.05) is 19.0 Å². The molecule has 0 unspecified atom stereocenters. The van der Waals surface area contributed by atoms with E-state index in [4.69, 9.17) is 13.9 Å². The number of piperidine rings is 1. The van der Waals surface area contributed by atoms with E-state index in [1.807, 2.05) is 48.5 Å². The number of hydrogen-bond donors (Lipinski definition) is 0. The largest absolute Gasteiger partial charge is 0.468 e. The van der Waals surface area contributed by atoms with Crippen LogP contribution in [0.15, 0.2) is 16.7 Å². The van der Waals surface area contributed by atoms with Crippen LogP contribution < -0.4 is 0 Å². The van der Waals surface area contributed by atoms with E-state index in [2.05, 4.69) is 0 Å². The number of hydrogen-bond acceptors (Lipinski definition) is 5. The van der Waals surface area contributed by atoms with Crippen molar-refractivity contribution in [3.63, 3.8) is 0 Å². The zero-order valence-corrected chi connectivity index (χ0v) is 17.5. The van der Waals surface area contributed by atoms with Crippen molar-refractivity contribution in [1.82, 2.24) is 4.90 Å². The lowest BCUT2D eigenvalue weighted by molar-refractivity contribution is 0.0199. The first-order valence-corrected chi connectivity index (χ1v) is 9.45. The van der Waals surface area contributed by atoms with Crippen LogP contribution in [-0.2, 0) is 9.47 Å². The topological polar surface area (TPSA) is 69.0 Å². The fourth-order valence-electron chi connectivity index (χ4n) is 2.57. The fourth-order valence-corrected chi connectivity index (χ4v) is 2.57. The lowest BCUT2D eigenvalue weighted by atomic mass is 9.92. The highest BCUT2D eigenvalue weighted by Gasteiger charge is 2.31. The van der Waals surface area contributed by atoms with Crippen LogP contribution in [0.4, 0.5) is 4.79 Å². The Kier molecular flexibility index (Phi) is 10.7. The zero-order chi connectivity index (χ0) is 20.3. The van der Waals surface area contributed by atoms with Crippen molar-refractivity contribution in [2.75, 3.05) is 20.2 Å². The summed E-state index contributed by atoms with van der Waals surface area (Å²) in [6, 6.07) is 1.63. The number of nitrogens with zero attached hydrogens (tertiary/aromatic N) is 1. The maximum atomic E-state index is 12.0. The molecule has 0 N–H and O–H groups in total. The quantitative estimate of drug-likeness (QED) is 0.667. The average Bonchev–Trinajstić information content (AvgIpc) is 3.13. The molecule has 2 heterocycles. The van der Waals surface area contributed by atoms with E-state index in [-0.39, 0.29) is 12.0 Å².